The Morgan fingerprint density at radius 3 is 2.66 bits per heavy atom. The molecular formula is C27H33N3O5. The number of benzene rings is 2. The highest BCUT2D eigenvalue weighted by Crippen LogP contribution is 2.40. The molecule has 2 heterocycles. The Kier molecular flexibility index (Phi) is 7.70. The molecule has 1 saturated heterocycles. The Morgan fingerprint density at radius 2 is 1.94 bits per heavy atom. The fraction of sp³-hybridized carbons (Fsp3) is 0.444. The first-order valence-electron chi connectivity index (χ1n) is 12.3. The number of piperidine rings is 1. The number of aliphatic carboxylic acids is 1. The summed E-state index contributed by atoms with van der Waals surface area (Å²) in [6.45, 7) is 1.97. The maximum atomic E-state index is 13.9. The number of nitrogens with one attached hydrogen (secondary N) is 1. The van der Waals surface area contributed by atoms with Crippen molar-refractivity contribution < 1.29 is 24.2 Å². The average molecular weight is 480 g/mol. The molecule has 1 amide bonds. The lowest BCUT2D eigenvalue weighted by Gasteiger charge is -2.41. The Hall–Kier alpha value is -3.39. The largest absolute Gasteiger partial charge is 0.480 e. The predicted molar refractivity (Wildman–Crippen MR) is 132 cm³/mol. The van der Waals surface area contributed by atoms with Crippen molar-refractivity contribution in [2.24, 2.45) is 0 Å². The third-order valence-corrected chi connectivity index (χ3v) is 7.02. The van der Waals surface area contributed by atoms with Crippen LogP contribution in [0.15, 0.2) is 48.5 Å². The summed E-state index contributed by atoms with van der Waals surface area (Å²) in [5.74, 6) is -1.75. The molecule has 35 heavy (non-hydrogen) atoms. The van der Waals surface area contributed by atoms with Crippen molar-refractivity contribution in [3.05, 3.63) is 65.2 Å². The number of hydrogen-bond acceptors (Lipinski definition) is 6. The summed E-state index contributed by atoms with van der Waals surface area (Å²) in [5, 5.41) is 13.2. The molecule has 2 aliphatic heterocycles. The van der Waals surface area contributed by atoms with E-state index in [2.05, 4.69) is 5.32 Å². The number of carbonyl (C=O) groups excluding carboxylic acids is 2. The number of carboxylic acids is 1. The molecular weight excluding hydrogens is 446 g/mol. The number of nitrogen functional groups attached to an aromatic ring is 1. The highest BCUT2D eigenvalue weighted by Gasteiger charge is 2.45. The summed E-state index contributed by atoms with van der Waals surface area (Å²) < 4.78 is 5.31. The molecule has 2 aliphatic rings. The summed E-state index contributed by atoms with van der Waals surface area (Å²) >= 11 is 0. The van der Waals surface area contributed by atoms with Crippen molar-refractivity contribution in [1.82, 2.24) is 10.2 Å². The Morgan fingerprint density at radius 1 is 1.17 bits per heavy atom. The average Bonchev–Trinajstić information content (AvgIpc) is 2.98. The molecule has 8 nitrogen and oxygen atoms in total. The van der Waals surface area contributed by atoms with Crippen LogP contribution in [0.3, 0.4) is 0 Å². The maximum Gasteiger partial charge on any atom is 0.326 e. The highest BCUT2D eigenvalue weighted by atomic mass is 16.5. The quantitative estimate of drug-likeness (QED) is 0.393. The second-order valence-corrected chi connectivity index (χ2v) is 9.21. The number of amides is 1. The van der Waals surface area contributed by atoms with Gasteiger partial charge < -0.3 is 20.5 Å². The number of esters is 1. The van der Waals surface area contributed by atoms with E-state index in [-0.39, 0.29) is 25.0 Å². The van der Waals surface area contributed by atoms with E-state index >= 15 is 0 Å². The third kappa shape index (κ3) is 5.32. The van der Waals surface area contributed by atoms with Crippen LogP contribution < -0.4 is 11.1 Å². The number of aryl methyl sites for hydroxylation is 1. The molecule has 2 aromatic rings. The minimum Gasteiger partial charge on any atom is -0.480 e. The molecule has 0 bridgehead atoms. The van der Waals surface area contributed by atoms with Crippen LogP contribution in [0.2, 0.25) is 0 Å². The fourth-order valence-electron chi connectivity index (χ4n) is 5.34. The molecule has 0 aromatic heterocycles. The Bertz CT molecular complexity index is 1070. The number of nitrogens with zero attached hydrogens (tertiary/aromatic N) is 1. The van der Waals surface area contributed by atoms with Crippen molar-refractivity contribution in [2.75, 3.05) is 12.3 Å². The van der Waals surface area contributed by atoms with E-state index in [9.17, 15) is 19.5 Å². The molecule has 2 aromatic carbocycles. The number of carboxylic acid groups (broad SMARTS) is 1. The van der Waals surface area contributed by atoms with E-state index in [0.29, 0.717) is 37.8 Å². The van der Waals surface area contributed by atoms with E-state index < -0.39 is 30.1 Å². The van der Waals surface area contributed by atoms with E-state index in [0.717, 1.165) is 16.7 Å². The number of nitrogens with two attached hydrogens (primary N) is 1. The van der Waals surface area contributed by atoms with Crippen molar-refractivity contribution in [2.45, 2.75) is 69.6 Å². The van der Waals surface area contributed by atoms with Gasteiger partial charge in [0.2, 0.25) is 5.91 Å². The van der Waals surface area contributed by atoms with Crippen LogP contribution in [0.25, 0.3) is 0 Å². The Labute approximate surface area is 205 Å². The standard InChI is InChI=1S/C27H33N3O5/c1-2-35-27(34)21(15-14-17-8-4-3-5-9-17)29-22-16-19-18(10-6-11-20(19)28)23-12-7-13-24(26(32)33)30(23)25(22)31/h3-6,8-11,21-24,29H,2,7,12-16,28H2,1H3,(H,32,33)/t21?,22-,23+,24-/m0/s1. The van der Waals surface area contributed by atoms with Crippen LogP contribution in [0.1, 0.15) is 55.3 Å². The SMILES string of the molecule is CCOC(=O)C(CCc1ccccc1)N[C@H]1Cc2c(N)cccc2[C@H]2CCC[C@@H](C(=O)O)N2C1=O. The number of carbonyl (C=O) groups is 3. The third-order valence-electron chi connectivity index (χ3n) is 7.02. The number of fused-ring (bicyclic) bond motifs is 3. The molecule has 1 unspecified atom stereocenters. The van der Waals surface area contributed by atoms with Gasteiger partial charge in [0.1, 0.15) is 12.1 Å². The minimum absolute atomic E-state index is 0.228. The highest BCUT2D eigenvalue weighted by molar-refractivity contribution is 5.89. The maximum absolute atomic E-state index is 13.9. The zero-order chi connectivity index (χ0) is 24.9. The van der Waals surface area contributed by atoms with Crippen molar-refractivity contribution in [1.29, 1.82) is 0 Å². The first-order valence-corrected chi connectivity index (χ1v) is 12.3. The zero-order valence-corrected chi connectivity index (χ0v) is 20.0. The molecule has 4 rings (SSSR count). The van der Waals surface area contributed by atoms with E-state index in [4.69, 9.17) is 10.5 Å². The van der Waals surface area contributed by atoms with Crippen LogP contribution in [0, 0.1) is 0 Å². The van der Waals surface area contributed by atoms with Gasteiger partial charge in [0.15, 0.2) is 0 Å². The summed E-state index contributed by atoms with van der Waals surface area (Å²) in [6.07, 6.45) is 3.13. The first kappa shape index (κ1) is 24.7. The normalized spacial score (nSPS) is 22.5. The van der Waals surface area contributed by atoms with Crippen molar-refractivity contribution in [3.63, 3.8) is 0 Å². The molecule has 8 heteroatoms. The predicted octanol–water partition coefficient (Wildman–Crippen LogP) is 2.85. The molecule has 0 saturated carbocycles. The fourth-order valence-corrected chi connectivity index (χ4v) is 5.34. The van der Waals surface area contributed by atoms with Gasteiger partial charge in [0.25, 0.3) is 0 Å². The van der Waals surface area contributed by atoms with Crippen molar-refractivity contribution in [3.8, 4) is 0 Å². The van der Waals surface area contributed by atoms with Gasteiger partial charge in [-0.15, -0.1) is 0 Å². The van der Waals surface area contributed by atoms with Gasteiger partial charge in [-0.1, -0.05) is 42.5 Å². The van der Waals surface area contributed by atoms with E-state index in [1.54, 1.807) is 13.0 Å². The summed E-state index contributed by atoms with van der Waals surface area (Å²) in [4.78, 5) is 40.4. The smallest absolute Gasteiger partial charge is 0.326 e. The molecule has 0 radical (unpaired) electrons. The van der Waals surface area contributed by atoms with Gasteiger partial charge in [-0.2, -0.15) is 0 Å². The summed E-state index contributed by atoms with van der Waals surface area (Å²) in [7, 11) is 0. The van der Waals surface area contributed by atoms with E-state index in [1.165, 1.54) is 4.90 Å². The first-order chi connectivity index (χ1) is 16.9. The molecule has 1 fully saturated rings. The molecule has 186 valence electrons. The lowest BCUT2D eigenvalue weighted by atomic mass is 9.88. The van der Waals surface area contributed by atoms with Gasteiger partial charge in [0.05, 0.1) is 18.7 Å². The van der Waals surface area contributed by atoms with Gasteiger partial charge in [-0.3, -0.25) is 14.9 Å². The van der Waals surface area contributed by atoms with Crippen LogP contribution in [0.4, 0.5) is 5.69 Å². The van der Waals surface area contributed by atoms with Crippen molar-refractivity contribution >= 4 is 23.5 Å². The molecule has 0 aliphatic carbocycles. The zero-order valence-electron chi connectivity index (χ0n) is 20.0. The minimum atomic E-state index is -1.01. The monoisotopic (exact) mass is 479 g/mol. The number of anilines is 1. The Balaban J connectivity index is 1.66. The second kappa shape index (κ2) is 10.9. The lowest BCUT2D eigenvalue weighted by Crippen LogP contribution is -2.57. The number of hydrogen-bond donors (Lipinski definition) is 3. The summed E-state index contributed by atoms with van der Waals surface area (Å²) in [6, 6.07) is 12.6. The second-order valence-electron chi connectivity index (χ2n) is 9.21. The van der Waals surface area contributed by atoms with Crippen LogP contribution in [0.5, 0.6) is 0 Å². The van der Waals surface area contributed by atoms with Gasteiger partial charge >= 0.3 is 11.9 Å². The molecule has 4 atom stereocenters. The van der Waals surface area contributed by atoms with Crippen LogP contribution in [-0.2, 0) is 32.0 Å². The lowest BCUT2D eigenvalue weighted by molar-refractivity contribution is -0.156. The molecule has 0 spiro atoms. The van der Waals surface area contributed by atoms with Gasteiger partial charge in [0, 0.05) is 5.69 Å². The number of rotatable bonds is 8. The topological polar surface area (TPSA) is 122 Å². The van der Waals surface area contributed by atoms with Gasteiger partial charge in [-0.05, 0) is 68.2 Å². The van der Waals surface area contributed by atoms with Crippen LogP contribution in [-0.4, -0.2) is 52.6 Å². The van der Waals surface area contributed by atoms with E-state index in [1.807, 2.05) is 42.5 Å². The number of ether oxygens (including phenoxy) is 1. The van der Waals surface area contributed by atoms with Gasteiger partial charge in [-0.25, -0.2) is 4.79 Å². The van der Waals surface area contributed by atoms with Crippen LogP contribution >= 0.6 is 0 Å². The molecule has 4 N–H and O–H groups in total. The summed E-state index contributed by atoms with van der Waals surface area (Å²) in [5.41, 5.74) is 9.72.